The molecule has 0 unspecified atom stereocenters. The van der Waals surface area contributed by atoms with Crippen molar-refractivity contribution in [3.63, 3.8) is 0 Å². The number of primary amides is 1. The number of nitrogens with one attached hydrogen (secondary N) is 2. The predicted octanol–water partition coefficient (Wildman–Crippen LogP) is 2.10. The normalized spacial score (nSPS) is 13.3. The molecule has 7 heteroatoms. The van der Waals surface area contributed by atoms with Gasteiger partial charge < -0.3 is 16.0 Å². The summed E-state index contributed by atoms with van der Waals surface area (Å²) in [7, 11) is 0. The summed E-state index contributed by atoms with van der Waals surface area (Å²) in [6, 6.07) is 14.5. The maximum absolute atomic E-state index is 12.0. The molecule has 0 aliphatic carbocycles. The summed E-state index contributed by atoms with van der Waals surface area (Å²) < 4.78 is 0. The molecule has 0 aliphatic heterocycles. The zero-order valence-electron chi connectivity index (χ0n) is 14.9. The minimum Gasteiger partial charge on any atom is -0.361 e. The molecule has 3 aromatic rings. The van der Waals surface area contributed by atoms with Gasteiger partial charge in [-0.2, -0.15) is 0 Å². The molecule has 0 radical (unpaired) electrons. The standard InChI is InChI=1S/C20H21ClN4O2/c1-12(19(26)25-20(22)27)23-10-15(13-6-2-4-8-17(13)21)16-11-24-18-9-5-3-7-14(16)18/h2-9,11-12,15,23-24H,10H2,1H3,(H3,22,25,26,27)/p+1/t12-,15-/m1/s1. The highest BCUT2D eigenvalue weighted by Gasteiger charge is 2.25. The number of aromatic amines is 1. The Kier molecular flexibility index (Phi) is 5.78. The number of fused-ring (bicyclic) bond motifs is 1. The first-order chi connectivity index (χ1) is 13.0. The number of imide groups is 1. The summed E-state index contributed by atoms with van der Waals surface area (Å²) in [4.78, 5) is 26.2. The number of aromatic nitrogens is 1. The number of halogens is 1. The Labute approximate surface area is 162 Å². The Morgan fingerprint density at radius 2 is 1.85 bits per heavy atom. The number of H-pyrrole nitrogens is 1. The molecule has 6 nitrogen and oxygen atoms in total. The largest absolute Gasteiger partial charge is 0.361 e. The summed E-state index contributed by atoms with van der Waals surface area (Å²) in [5.74, 6) is -0.446. The molecule has 1 heterocycles. The first-order valence-electron chi connectivity index (χ1n) is 8.71. The molecular weight excluding hydrogens is 364 g/mol. The Morgan fingerprint density at radius 1 is 1.15 bits per heavy atom. The van der Waals surface area contributed by atoms with Crippen molar-refractivity contribution in [2.75, 3.05) is 6.54 Å². The van der Waals surface area contributed by atoms with E-state index in [2.05, 4.69) is 16.4 Å². The first-order valence-corrected chi connectivity index (χ1v) is 9.09. The van der Waals surface area contributed by atoms with Crippen molar-refractivity contribution in [3.8, 4) is 0 Å². The van der Waals surface area contributed by atoms with Crippen LogP contribution in [0.25, 0.3) is 10.9 Å². The van der Waals surface area contributed by atoms with Crippen LogP contribution in [0.5, 0.6) is 0 Å². The van der Waals surface area contributed by atoms with Gasteiger partial charge in [0.2, 0.25) is 0 Å². The number of carbonyl (C=O) groups is 2. The molecule has 0 fully saturated rings. The summed E-state index contributed by atoms with van der Waals surface area (Å²) in [6.45, 7) is 2.32. The molecule has 3 rings (SSSR count). The van der Waals surface area contributed by atoms with Crippen LogP contribution < -0.4 is 16.4 Å². The van der Waals surface area contributed by atoms with E-state index in [1.165, 1.54) is 0 Å². The van der Waals surface area contributed by atoms with Crippen molar-refractivity contribution in [2.24, 2.45) is 5.73 Å². The molecule has 27 heavy (non-hydrogen) atoms. The van der Waals surface area contributed by atoms with Gasteiger partial charge in [-0.3, -0.25) is 10.1 Å². The first kappa shape index (κ1) is 18.9. The zero-order valence-corrected chi connectivity index (χ0v) is 15.7. The molecule has 0 saturated heterocycles. The van der Waals surface area contributed by atoms with Crippen LogP contribution in [0.3, 0.4) is 0 Å². The molecular formula is C20H22ClN4O2+. The fraction of sp³-hybridized carbons (Fsp3) is 0.200. The van der Waals surface area contributed by atoms with E-state index in [-0.39, 0.29) is 5.92 Å². The number of quaternary nitrogens is 1. The van der Waals surface area contributed by atoms with Gasteiger partial charge in [-0.25, -0.2) is 4.79 Å². The van der Waals surface area contributed by atoms with E-state index in [9.17, 15) is 9.59 Å². The van der Waals surface area contributed by atoms with Crippen molar-refractivity contribution < 1.29 is 14.9 Å². The third kappa shape index (κ3) is 4.30. The molecule has 140 valence electrons. The maximum Gasteiger partial charge on any atom is 0.319 e. The second-order valence-corrected chi connectivity index (χ2v) is 6.88. The number of para-hydroxylation sites is 1. The molecule has 0 aliphatic rings. The van der Waals surface area contributed by atoms with Gasteiger partial charge in [0.05, 0.1) is 12.5 Å². The number of nitrogens with two attached hydrogens (primary N) is 2. The van der Waals surface area contributed by atoms with Gasteiger partial charge in [-0.05, 0) is 30.2 Å². The lowest BCUT2D eigenvalue weighted by molar-refractivity contribution is -0.674. The third-order valence-electron chi connectivity index (χ3n) is 4.66. The van der Waals surface area contributed by atoms with Gasteiger partial charge in [0.1, 0.15) is 0 Å². The van der Waals surface area contributed by atoms with Crippen LogP contribution >= 0.6 is 11.6 Å². The number of rotatable bonds is 6. The smallest absolute Gasteiger partial charge is 0.319 e. The molecule has 1 aromatic heterocycles. The molecule has 6 N–H and O–H groups in total. The van der Waals surface area contributed by atoms with Crippen LogP contribution in [0.4, 0.5) is 4.79 Å². The highest BCUT2D eigenvalue weighted by atomic mass is 35.5. The van der Waals surface area contributed by atoms with E-state index in [0.29, 0.717) is 11.6 Å². The average Bonchev–Trinajstić information content (AvgIpc) is 3.06. The molecule has 0 spiro atoms. The number of hydrogen-bond donors (Lipinski definition) is 4. The summed E-state index contributed by atoms with van der Waals surface area (Å²) in [6.07, 6.45) is 1.99. The Bertz CT molecular complexity index is 969. The number of benzene rings is 2. The van der Waals surface area contributed by atoms with Crippen LogP contribution in [0.2, 0.25) is 5.02 Å². The van der Waals surface area contributed by atoms with E-state index >= 15 is 0 Å². The predicted molar refractivity (Wildman–Crippen MR) is 106 cm³/mol. The average molecular weight is 386 g/mol. The van der Waals surface area contributed by atoms with E-state index < -0.39 is 18.0 Å². The molecule has 2 atom stereocenters. The summed E-state index contributed by atoms with van der Waals surface area (Å²) in [5.41, 5.74) is 8.17. The van der Waals surface area contributed by atoms with E-state index in [0.717, 1.165) is 22.0 Å². The van der Waals surface area contributed by atoms with Crippen LogP contribution in [0.15, 0.2) is 54.7 Å². The quantitative estimate of drug-likeness (QED) is 0.521. The van der Waals surface area contributed by atoms with E-state index in [1.807, 2.05) is 54.0 Å². The summed E-state index contributed by atoms with van der Waals surface area (Å²) in [5, 5.41) is 5.79. The minimum atomic E-state index is -0.848. The van der Waals surface area contributed by atoms with Crippen LogP contribution in [0, 0.1) is 0 Å². The highest BCUT2D eigenvalue weighted by molar-refractivity contribution is 6.31. The fourth-order valence-electron chi connectivity index (χ4n) is 3.24. The number of hydrogen-bond acceptors (Lipinski definition) is 2. The van der Waals surface area contributed by atoms with Gasteiger partial charge >= 0.3 is 6.03 Å². The number of amides is 3. The van der Waals surface area contributed by atoms with Gasteiger partial charge in [0, 0.05) is 22.1 Å². The van der Waals surface area contributed by atoms with Crippen LogP contribution in [-0.4, -0.2) is 29.5 Å². The number of carbonyl (C=O) groups excluding carboxylic acids is 2. The topological polar surface area (TPSA) is 105 Å². The fourth-order valence-corrected chi connectivity index (χ4v) is 3.51. The zero-order chi connectivity index (χ0) is 19.4. The minimum absolute atomic E-state index is 0.0290. The molecule has 2 aromatic carbocycles. The maximum atomic E-state index is 12.0. The van der Waals surface area contributed by atoms with Crippen LogP contribution in [-0.2, 0) is 4.79 Å². The van der Waals surface area contributed by atoms with Gasteiger partial charge in [0.15, 0.2) is 6.04 Å². The summed E-state index contributed by atoms with van der Waals surface area (Å²) >= 11 is 6.47. The Hall–Kier alpha value is -2.83. The molecule has 3 amide bonds. The van der Waals surface area contributed by atoms with Gasteiger partial charge in [-0.15, -0.1) is 0 Å². The van der Waals surface area contributed by atoms with Gasteiger partial charge in [-0.1, -0.05) is 48.0 Å². The lowest BCUT2D eigenvalue weighted by Gasteiger charge is -2.19. The number of urea groups is 1. The second-order valence-electron chi connectivity index (χ2n) is 6.48. The van der Waals surface area contributed by atoms with Gasteiger partial charge in [0.25, 0.3) is 5.91 Å². The molecule has 0 bridgehead atoms. The van der Waals surface area contributed by atoms with E-state index in [4.69, 9.17) is 17.3 Å². The lowest BCUT2D eigenvalue weighted by Crippen LogP contribution is -2.92. The lowest BCUT2D eigenvalue weighted by atomic mass is 9.90. The second kappa shape index (κ2) is 8.24. The van der Waals surface area contributed by atoms with Crippen molar-refractivity contribution in [1.82, 2.24) is 10.3 Å². The monoisotopic (exact) mass is 385 g/mol. The third-order valence-corrected chi connectivity index (χ3v) is 5.01. The Balaban J connectivity index is 1.91. The van der Waals surface area contributed by atoms with E-state index in [1.54, 1.807) is 6.92 Å². The van der Waals surface area contributed by atoms with Crippen molar-refractivity contribution in [2.45, 2.75) is 18.9 Å². The SMILES string of the molecule is C[C@@H]([NH2+]C[C@H](c1ccccc1Cl)c1c[nH]c2ccccc12)C(=O)NC(N)=O. The molecule has 0 saturated carbocycles. The van der Waals surface area contributed by atoms with Crippen molar-refractivity contribution in [3.05, 3.63) is 70.9 Å². The van der Waals surface area contributed by atoms with Crippen LogP contribution in [0.1, 0.15) is 24.0 Å². The van der Waals surface area contributed by atoms with Crippen molar-refractivity contribution >= 4 is 34.4 Å². The highest BCUT2D eigenvalue weighted by Crippen LogP contribution is 2.33. The van der Waals surface area contributed by atoms with Crippen molar-refractivity contribution in [1.29, 1.82) is 0 Å². The Morgan fingerprint density at radius 3 is 2.59 bits per heavy atom.